The third-order valence-electron chi connectivity index (χ3n) is 3.32. The topological polar surface area (TPSA) is 80.7 Å². The van der Waals surface area contributed by atoms with Crippen molar-refractivity contribution in [3.63, 3.8) is 0 Å². The smallest absolute Gasteiger partial charge is 0.359 e. The van der Waals surface area contributed by atoms with Gasteiger partial charge in [-0.2, -0.15) is 18.2 Å². The first-order valence-electron chi connectivity index (χ1n) is 7.28. The molecule has 0 saturated heterocycles. The lowest BCUT2D eigenvalue weighted by molar-refractivity contribution is -0.115. The Morgan fingerprint density at radius 3 is 2.59 bits per heavy atom. The molecule has 0 aliphatic heterocycles. The molecule has 2 aromatic heterocycles. The van der Waals surface area contributed by atoms with E-state index in [0.29, 0.717) is 5.56 Å². The Kier molecular flexibility index (Phi) is 5.24. The van der Waals surface area contributed by atoms with Crippen LogP contribution in [0.15, 0.2) is 29.6 Å². The molecular weight excluding hydrogens is 410 g/mol. The highest BCUT2D eigenvalue weighted by molar-refractivity contribution is 7.84. The molecule has 0 radical (unpaired) electrons. The van der Waals surface area contributed by atoms with Crippen LogP contribution in [0.5, 0.6) is 0 Å². The average Bonchev–Trinajstić information content (AvgIpc) is 2.60. The molecule has 0 saturated carbocycles. The van der Waals surface area contributed by atoms with Crippen molar-refractivity contribution in [3.05, 3.63) is 35.2 Å². The van der Waals surface area contributed by atoms with Crippen LogP contribution < -0.4 is 5.32 Å². The van der Waals surface area contributed by atoms with Gasteiger partial charge in [-0.15, -0.1) is 0 Å². The minimum Gasteiger partial charge on any atom is -0.359 e. The van der Waals surface area contributed by atoms with Gasteiger partial charge in [-0.1, -0.05) is 11.6 Å². The number of hydrogen-bond donors (Lipinski definition) is 1. The maximum absolute atomic E-state index is 13.3. The fourth-order valence-electron chi connectivity index (χ4n) is 2.12. The summed E-state index contributed by atoms with van der Waals surface area (Å²) in [5.74, 6) is -0.884. The summed E-state index contributed by atoms with van der Waals surface area (Å²) in [6.45, 7) is -1.37. The van der Waals surface area contributed by atoms with E-state index in [4.69, 9.17) is 11.6 Å². The summed E-state index contributed by atoms with van der Waals surface area (Å²) in [5.41, 5.74) is 0.553. The van der Waals surface area contributed by atoms with Crippen molar-refractivity contribution in [2.45, 2.75) is 11.3 Å². The third kappa shape index (κ3) is 4.48. The van der Waals surface area contributed by atoms with Crippen molar-refractivity contribution in [2.75, 3.05) is 18.1 Å². The molecule has 0 spiro atoms. The normalized spacial score (nSPS) is 13.0. The molecule has 0 bridgehead atoms. The molecule has 0 amide bonds. The van der Waals surface area contributed by atoms with Gasteiger partial charge >= 0.3 is 6.18 Å². The quantitative estimate of drug-likeness (QED) is 0.514. The van der Waals surface area contributed by atoms with E-state index in [1.54, 1.807) is 0 Å². The predicted octanol–water partition coefficient (Wildman–Crippen LogP) is 3.59. The Morgan fingerprint density at radius 1 is 1.22 bits per heavy atom. The molecule has 3 rings (SSSR count). The molecule has 0 aliphatic rings. The third-order valence-corrected chi connectivity index (χ3v) is 4.30. The Balaban J connectivity index is 2.13. The number of alkyl halides is 3. The number of nitrogens with one attached hydrogen (secondary N) is 1. The van der Waals surface area contributed by atoms with Crippen molar-refractivity contribution < 1.29 is 21.8 Å². The van der Waals surface area contributed by atoms with E-state index in [1.165, 1.54) is 24.6 Å². The van der Waals surface area contributed by atoms with Gasteiger partial charge in [-0.3, -0.25) is 4.21 Å². The highest BCUT2D eigenvalue weighted by atomic mass is 35.5. The van der Waals surface area contributed by atoms with Gasteiger partial charge in [0.1, 0.15) is 12.4 Å². The average molecular weight is 420 g/mol. The monoisotopic (exact) mass is 419 g/mol. The second-order valence-corrected chi connectivity index (χ2v) is 7.01. The molecule has 12 heteroatoms. The van der Waals surface area contributed by atoms with Gasteiger partial charge in [0.15, 0.2) is 17.0 Å². The highest BCUT2D eigenvalue weighted by Gasteiger charge is 2.28. The first-order chi connectivity index (χ1) is 12.6. The molecule has 3 aromatic rings. The molecule has 1 N–H and O–H groups in total. The number of aromatic nitrogens is 4. The second kappa shape index (κ2) is 7.31. The zero-order valence-electron chi connectivity index (χ0n) is 13.5. The van der Waals surface area contributed by atoms with Crippen molar-refractivity contribution in [2.24, 2.45) is 0 Å². The molecular formula is C15H10ClF4N5OS. The van der Waals surface area contributed by atoms with E-state index >= 15 is 0 Å². The summed E-state index contributed by atoms with van der Waals surface area (Å²) in [7, 11) is -1.64. The molecule has 27 heavy (non-hydrogen) atoms. The molecule has 6 nitrogen and oxygen atoms in total. The number of hydrogen-bond acceptors (Lipinski definition) is 6. The summed E-state index contributed by atoms with van der Waals surface area (Å²) in [5, 5.41) is 1.80. The number of fused-ring (bicyclic) bond motifs is 1. The summed E-state index contributed by atoms with van der Waals surface area (Å²) >= 11 is 5.75. The maximum atomic E-state index is 13.3. The number of rotatable bonds is 4. The van der Waals surface area contributed by atoms with E-state index in [9.17, 15) is 21.8 Å². The van der Waals surface area contributed by atoms with Crippen molar-refractivity contribution >= 4 is 39.4 Å². The molecule has 0 aliphatic carbocycles. The molecule has 1 atom stereocenters. The first-order valence-corrected chi connectivity index (χ1v) is 9.22. The molecule has 2 heterocycles. The van der Waals surface area contributed by atoms with E-state index < -0.39 is 29.3 Å². The van der Waals surface area contributed by atoms with Gasteiger partial charge in [0.05, 0.1) is 27.7 Å². The van der Waals surface area contributed by atoms with Gasteiger partial charge in [0.2, 0.25) is 5.16 Å². The first kappa shape index (κ1) is 19.4. The minimum absolute atomic E-state index is 0.0307. The molecule has 0 fully saturated rings. The standard InChI is InChI=1S/C15H10ClF4N5OS/c1-27(26)14-24-12-11(13(25-14)22-6-15(18,19)20)23-10(5-21-12)7-2-3-9(17)8(16)4-7/h2-5H,6H2,1H3,(H,21,22,24,25). The maximum Gasteiger partial charge on any atom is 0.405 e. The fraction of sp³-hybridized carbons (Fsp3) is 0.200. The number of benzene rings is 1. The summed E-state index contributed by atoms with van der Waals surface area (Å²) < 4.78 is 62.7. The Bertz CT molecular complexity index is 1050. The van der Waals surface area contributed by atoms with E-state index in [2.05, 4.69) is 25.3 Å². The van der Waals surface area contributed by atoms with Crippen LogP contribution in [0.1, 0.15) is 0 Å². The van der Waals surface area contributed by atoms with Gasteiger partial charge in [-0.05, 0) is 18.2 Å². The van der Waals surface area contributed by atoms with Crippen molar-refractivity contribution in [1.29, 1.82) is 0 Å². The Morgan fingerprint density at radius 2 is 1.96 bits per heavy atom. The van der Waals surface area contributed by atoms with Crippen LogP contribution in [0.25, 0.3) is 22.4 Å². The van der Waals surface area contributed by atoms with E-state index in [1.807, 2.05) is 0 Å². The Labute approximate surface area is 157 Å². The second-order valence-electron chi connectivity index (χ2n) is 5.33. The number of anilines is 1. The van der Waals surface area contributed by atoms with Crippen LogP contribution in [0.3, 0.4) is 0 Å². The Hall–Kier alpha value is -2.40. The lowest BCUT2D eigenvalue weighted by Gasteiger charge is -2.12. The SMILES string of the molecule is CS(=O)c1nc(NCC(F)(F)F)c2nc(-c3ccc(F)c(Cl)c3)cnc2n1. The zero-order valence-corrected chi connectivity index (χ0v) is 15.1. The van der Waals surface area contributed by atoms with Gasteiger partial charge in [0.25, 0.3) is 0 Å². The number of halogens is 5. The highest BCUT2D eigenvalue weighted by Crippen LogP contribution is 2.26. The van der Waals surface area contributed by atoms with Crippen LogP contribution in [-0.2, 0) is 10.8 Å². The zero-order chi connectivity index (χ0) is 19.8. The van der Waals surface area contributed by atoms with E-state index in [0.717, 1.165) is 6.07 Å². The van der Waals surface area contributed by atoms with Crippen LogP contribution in [0, 0.1) is 5.82 Å². The van der Waals surface area contributed by atoms with Gasteiger partial charge < -0.3 is 5.32 Å². The summed E-state index contributed by atoms with van der Waals surface area (Å²) in [6, 6.07) is 3.84. The molecule has 1 aromatic carbocycles. The number of nitrogens with zero attached hydrogens (tertiary/aromatic N) is 4. The van der Waals surface area contributed by atoms with Crippen molar-refractivity contribution in [3.8, 4) is 11.3 Å². The largest absolute Gasteiger partial charge is 0.405 e. The lowest BCUT2D eigenvalue weighted by Crippen LogP contribution is -2.22. The van der Waals surface area contributed by atoms with Crippen LogP contribution in [0.2, 0.25) is 5.02 Å². The van der Waals surface area contributed by atoms with Crippen LogP contribution >= 0.6 is 11.6 Å². The molecule has 142 valence electrons. The van der Waals surface area contributed by atoms with Gasteiger partial charge in [0, 0.05) is 11.8 Å². The summed E-state index contributed by atoms with van der Waals surface area (Å²) in [4.78, 5) is 16.1. The fourth-order valence-corrected chi connectivity index (χ4v) is 2.73. The lowest BCUT2D eigenvalue weighted by atomic mass is 10.1. The minimum atomic E-state index is -4.50. The van der Waals surface area contributed by atoms with Crippen LogP contribution in [0.4, 0.5) is 23.4 Å². The predicted molar refractivity (Wildman–Crippen MR) is 92.4 cm³/mol. The molecule has 1 unspecified atom stereocenters. The summed E-state index contributed by atoms with van der Waals surface area (Å²) in [6.07, 6.45) is -1.91. The van der Waals surface area contributed by atoms with Crippen LogP contribution in [-0.4, -0.2) is 43.1 Å². The van der Waals surface area contributed by atoms with Crippen molar-refractivity contribution in [1.82, 2.24) is 19.9 Å². The van der Waals surface area contributed by atoms with E-state index in [-0.39, 0.29) is 32.9 Å². The van der Waals surface area contributed by atoms with Gasteiger partial charge in [-0.25, -0.2) is 19.3 Å².